The fraction of sp³-hybridized carbons (Fsp3) is 0.292. The van der Waals surface area contributed by atoms with Crippen LogP contribution in [-0.4, -0.2) is 33.5 Å². The van der Waals surface area contributed by atoms with Crippen molar-refractivity contribution in [3.63, 3.8) is 0 Å². The monoisotopic (exact) mass is 429 g/mol. The number of hydrogen-bond donors (Lipinski definition) is 2. The molecule has 6 rings (SSSR count). The van der Waals surface area contributed by atoms with Crippen molar-refractivity contribution in [3.05, 3.63) is 65.8 Å². The Balaban J connectivity index is 1.29. The number of benzene rings is 1. The maximum Gasteiger partial charge on any atom is 0.268 e. The lowest BCUT2D eigenvalue weighted by atomic mass is 9.65. The van der Waals surface area contributed by atoms with Gasteiger partial charge in [0.2, 0.25) is 5.95 Å². The Kier molecular flexibility index (Phi) is 4.40. The second-order valence-electron chi connectivity index (χ2n) is 8.64. The lowest BCUT2D eigenvalue weighted by Gasteiger charge is -2.46. The quantitative estimate of drug-likeness (QED) is 0.492. The highest BCUT2D eigenvalue weighted by molar-refractivity contribution is 7.17. The Morgan fingerprint density at radius 3 is 2.77 bits per heavy atom. The van der Waals surface area contributed by atoms with Crippen molar-refractivity contribution in [3.8, 4) is 10.4 Å². The van der Waals surface area contributed by atoms with E-state index in [9.17, 15) is 4.79 Å². The molecule has 1 amide bonds. The maximum atomic E-state index is 13.1. The van der Waals surface area contributed by atoms with Crippen LogP contribution in [0.5, 0.6) is 0 Å². The van der Waals surface area contributed by atoms with Crippen LogP contribution in [0, 0.1) is 5.41 Å². The summed E-state index contributed by atoms with van der Waals surface area (Å²) in [6.07, 6.45) is 7.04. The molecule has 31 heavy (non-hydrogen) atoms. The molecule has 4 heterocycles. The van der Waals surface area contributed by atoms with Crippen molar-refractivity contribution >= 4 is 34.2 Å². The van der Waals surface area contributed by atoms with E-state index < -0.39 is 0 Å². The molecule has 1 aliphatic heterocycles. The van der Waals surface area contributed by atoms with Crippen LogP contribution in [0.4, 0.5) is 5.95 Å². The minimum Gasteiger partial charge on any atom is -0.316 e. The van der Waals surface area contributed by atoms with E-state index in [4.69, 9.17) is 4.98 Å². The molecule has 1 aromatic carbocycles. The highest BCUT2D eigenvalue weighted by Gasteiger charge is 2.47. The summed E-state index contributed by atoms with van der Waals surface area (Å²) in [5.74, 6) is 0.536. The Bertz CT molecular complexity index is 1250. The molecule has 1 saturated heterocycles. The predicted octanol–water partition coefficient (Wildman–Crippen LogP) is 4.73. The van der Waals surface area contributed by atoms with Gasteiger partial charge in [-0.2, -0.15) is 0 Å². The molecule has 3 aromatic heterocycles. The van der Waals surface area contributed by atoms with Crippen molar-refractivity contribution in [2.24, 2.45) is 5.41 Å². The Labute approximate surface area is 184 Å². The fourth-order valence-electron chi connectivity index (χ4n) is 5.06. The number of carbonyl (C=O) groups is 1. The van der Waals surface area contributed by atoms with E-state index >= 15 is 0 Å². The molecule has 1 spiro atoms. The van der Waals surface area contributed by atoms with Crippen LogP contribution < -0.4 is 10.6 Å². The van der Waals surface area contributed by atoms with Crippen molar-refractivity contribution in [2.45, 2.75) is 25.3 Å². The van der Waals surface area contributed by atoms with Gasteiger partial charge in [0.25, 0.3) is 5.91 Å². The molecule has 2 aliphatic rings. The second-order valence-corrected chi connectivity index (χ2v) is 9.72. The number of hydrogen-bond acceptors (Lipinski definition) is 5. The summed E-state index contributed by atoms with van der Waals surface area (Å²) in [7, 11) is 0. The minimum absolute atomic E-state index is 0.113. The van der Waals surface area contributed by atoms with Crippen LogP contribution in [0.15, 0.2) is 60.9 Å². The number of para-hydroxylation sites is 2. The van der Waals surface area contributed by atoms with Crippen LogP contribution in [0.3, 0.4) is 0 Å². The summed E-state index contributed by atoms with van der Waals surface area (Å²) in [4.78, 5) is 23.7. The highest BCUT2D eigenvalue weighted by Crippen LogP contribution is 2.53. The van der Waals surface area contributed by atoms with Gasteiger partial charge in [-0.05, 0) is 73.2 Å². The van der Waals surface area contributed by atoms with E-state index in [2.05, 4.69) is 26.3 Å². The highest BCUT2D eigenvalue weighted by atomic mass is 32.1. The normalized spacial score (nSPS) is 22.6. The lowest BCUT2D eigenvalue weighted by Crippen LogP contribution is -2.40. The van der Waals surface area contributed by atoms with Crippen LogP contribution >= 0.6 is 11.3 Å². The third-order valence-electron chi connectivity index (χ3n) is 6.65. The zero-order valence-corrected chi connectivity index (χ0v) is 17.9. The van der Waals surface area contributed by atoms with E-state index in [1.807, 2.05) is 42.5 Å². The van der Waals surface area contributed by atoms with Crippen molar-refractivity contribution in [1.29, 1.82) is 0 Å². The summed E-state index contributed by atoms with van der Waals surface area (Å²) in [5, 5.41) is 6.61. The average molecular weight is 430 g/mol. The lowest BCUT2D eigenvalue weighted by molar-refractivity contribution is 0.0874. The zero-order chi connectivity index (χ0) is 20.8. The summed E-state index contributed by atoms with van der Waals surface area (Å²) in [6.45, 7) is 2.21. The van der Waals surface area contributed by atoms with Crippen LogP contribution in [-0.2, 0) is 0 Å². The summed E-state index contributed by atoms with van der Waals surface area (Å²) < 4.78 is 2.24. The van der Waals surface area contributed by atoms with E-state index in [0.717, 1.165) is 47.4 Å². The molecule has 1 aliphatic carbocycles. The number of nitrogens with one attached hydrogen (secondary N) is 2. The zero-order valence-electron chi connectivity index (χ0n) is 17.0. The number of amides is 1. The SMILES string of the molecule is O=C(Nc1nc2ccccc2n1[C@H]1C[C@@]2(CCNC2)C1)c1ccc(-c2ccncc2)s1. The van der Waals surface area contributed by atoms with E-state index in [1.165, 1.54) is 17.8 Å². The number of carbonyl (C=O) groups excluding carboxylic acids is 1. The molecular weight excluding hydrogens is 406 g/mol. The Morgan fingerprint density at radius 2 is 1.97 bits per heavy atom. The smallest absolute Gasteiger partial charge is 0.268 e. The van der Waals surface area contributed by atoms with Gasteiger partial charge in [0.05, 0.1) is 15.9 Å². The van der Waals surface area contributed by atoms with E-state index in [1.54, 1.807) is 12.4 Å². The molecule has 0 atom stereocenters. The molecule has 0 bridgehead atoms. The first-order chi connectivity index (χ1) is 15.2. The average Bonchev–Trinajstić information content (AvgIpc) is 3.51. The van der Waals surface area contributed by atoms with Gasteiger partial charge in [0.1, 0.15) is 0 Å². The number of thiophene rings is 1. The molecule has 1 saturated carbocycles. The van der Waals surface area contributed by atoms with Gasteiger partial charge in [0, 0.05) is 29.9 Å². The molecular formula is C24H23N5OS. The fourth-order valence-corrected chi connectivity index (χ4v) is 5.97. The third kappa shape index (κ3) is 3.25. The third-order valence-corrected chi connectivity index (χ3v) is 7.78. The first kappa shape index (κ1) is 18.7. The molecule has 6 nitrogen and oxygen atoms in total. The number of nitrogens with zero attached hydrogens (tertiary/aromatic N) is 3. The number of aromatic nitrogens is 3. The first-order valence-corrected chi connectivity index (χ1v) is 11.5. The summed E-state index contributed by atoms with van der Waals surface area (Å²) in [5.41, 5.74) is 3.50. The Hall–Kier alpha value is -3.03. The van der Waals surface area contributed by atoms with Gasteiger partial charge in [-0.25, -0.2) is 4.98 Å². The molecule has 7 heteroatoms. The largest absolute Gasteiger partial charge is 0.316 e. The molecule has 0 unspecified atom stereocenters. The minimum atomic E-state index is -0.113. The van der Waals surface area contributed by atoms with Gasteiger partial charge in [-0.1, -0.05) is 12.1 Å². The predicted molar refractivity (Wildman–Crippen MR) is 123 cm³/mol. The molecule has 2 N–H and O–H groups in total. The number of rotatable bonds is 4. The van der Waals surface area contributed by atoms with Crippen LogP contribution in [0.25, 0.3) is 21.5 Å². The van der Waals surface area contributed by atoms with Gasteiger partial charge in [-0.15, -0.1) is 11.3 Å². The van der Waals surface area contributed by atoms with Crippen molar-refractivity contribution in [2.75, 3.05) is 18.4 Å². The molecule has 156 valence electrons. The number of fused-ring (bicyclic) bond motifs is 1. The van der Waals surface area contributed by atoms with Crippen LogP contribution in [0.1, 0.15) is 35.0 Å². The summed E-state index contributed by atoms with van der Waals surface area (Å²) >= 11 is 1.48. The number of imidazole rings is 1. The van der Waals surface area contributed by atoms with Crippen LogP contribution in [0.2, 0.25) is 0 Å². The van der Waals surface area contributed by atoms with Gasteiger partial charge in [0.15, 0.2) is 0 Å². The second kappa shape index (κ2) is 7.28. The molecule has 0 radical (unpaired) electrons. The van der Waals surface area contributed by atoms with Gasteiger partial charge in [-0.3, -0.25) is 15.1 Å². The number of anilines is 1. The van der Waals surface area contributed by atoms with E-state index in [-0.39, 0.29) is 5.91 Å². The van der Waals surface area contributed by atoms with Crippen molar-refractivity contribution < 1.29 is 4.79 Å². The summed E-state index contributed by atoms with van der Waals surface area (Å²) in [6, 6.07) is 16.3. The van der Waals surface area contributed by atoms with Gasteiger partial charge < -0.3 is 9.88 Å². The van der Waals surface area contributed by atoms with E-state index in [0.29, 0.717) is 22.3 Å². The molecule has 4 aromatic rings. The Morgan fingerprint density at radius 1 is 1.13 bits per heavy atom. The standard InChI is InChI=1S/C24H23N5OS/c30-22(21-6-5-20(31-21)16-7-10-25-11-8-16)28-23-27-18-3-1-2-4-19(18)29(23)17-13-24(14-17)9-12-26-15-24/h1-8,10-11,17,26H,9,12-15H2,(H,27,28,30)/t17-,24-. The topological polar surface area (TPSA) is 71.8 Å². The number of pyridine rings is 1. The van der Waals surface area contributed by atoms with Gasteiger partial charge >= 0.3 is 0 Å². The first-order valence-electron chi connectivity index (χ1n) is 10.7. The van der Waals surface area contributed by atoms with Crippen molar-refractivity contribution in [1.82, 2.24) is 19.9 Å². The maximum absolute atomic E-state index is 13.1. The molecule has 2 fully saturated rings.